The van der Waals surface area contributed by atoms with Crippen LogP contribution in [0.25, 0.3) is 0 Å². The number of morpholine rings is 1. The second kappa shape index (κ2) is 4.99. The van der Waals surface area contributed by atoms with Crippen molar-refractivity contribution in [3.63, 3.8) is 0 Å². The lowest BCUT2D eigenvalue weighted by molar-refractivity contribution is -0.131. The van der Waals surface area contributed by atoms with Crippen molar-refractivity contribution in [2.75, 3.05) is 32.8 Å². The maximum absolute atomic E-state index is 10.3. The van der Waals surface area contributed by atoms with E-state index in [1.54, 1.807) is 0 Å². The summed E-state index contributed by atoms with van der Waals surface area (Å²) in [6.45, 7) is 5.86. The summed E-state index contributed by atoms with van der Waals surface area (Å²) in [6.07, 6.45) is 1.26. The second-order valence-corrected chi connectivity index (χ2v) is 3.22. The summed E-state index contributed by atoms with van der Waals surface area (Å²) in [5, 5.41) is 8.49. The first-order chi connectivity index (χ1) is 6.18. The van der Waals surface area contributed by atoms with Crippen molar-refractivity contribution in [3.05, 3.63) is 11.6 Å². The summed E-state index contributed by atoms with van der Waals surface area (Å²) in [4.78, 5) is 12.5. The van der Waals surface area contributed by atoms with E-state index in [2.05, 4.69) is 4.90 Å². The van der Waals surface area contributed by atoms with Gasteiger partial charge in [-0.15, -0.1) is 0 Å². The molecule has 1 N–H and O–H groups in total. The molecule has 0 aromatic rings. The molecule has 0 amide bonds. The molecule has 1 aliphatic rings. The minimum atomic E-state index is -0.870. The molecule has 1 fully saturated rings. The molecule has 4 nitrogen and oxygen atoms in total. The van der Waals surface area contributed by atoms with Crippen molar-refractivity contribution in [2.45, 2.75) is 6.92 Å². The number of rotatable bonds is 3. The second-order valence-electron chi connectivity index (χ2n) is 3.22. The lowest BCUT2D eigenvalue weighted by Crippen LogP contribution is -2.37. The Labute approximate surface area is 77.8 Å². The minimum Gasteiger partial charge on any atom is -0.478 e. The first kappa shape index (κ1) is 10.2. The number of carboxylic acid groups (broad SMARTS) is 1. The first-order valence-electron chi connectivity index (χ1n) is 4.38. The maximum atomic E-state index is 10.3. The van der Waals surface area contributed by atoms with Crippen LogP contribution in [0.15, 0.2) is 11.6 Å². The van der Waals surface area contributed by atoms with E-state index in [0.717, 1.165) is 38.4 Å². The Bertz CT molecular complexity index is 207. The van der Waals surface area contributed by atoms with Crippen LogP contribution in [0.5, 0.6) is 0 Å². The standard InChI is InChI=1S/C9H15NO3/c1-8(6-9(11)12)7-10-2-4-13-5-3-10/h6H,2-5,7H2,1H3,(H,11,12)/b8-6-. The summed E-state index contributed by atoms with van der Waals surface area (Å²) in [6, 6.07) is 0. The Morgan fingerprint density at radius 3 is 2.69 bits per heavy atom. The first-order valence-corrected chi connectivity index (χ1v) is 4.38. The Morgan fingerprint density at radius 1 is 1.54 bits per heavy atom. The molecule has 0 atom stereocenters. The van der Waals surface area contributed by atoms with Gasteiger partial charge in [0, 0.05) is 25.7 Å². The van der Waals surface area contributed by atoms with E-state index in [1.165, 1.54) is 6.08 Å². The van der Waals surface area contributed by atoms with Crippen LogP contribution in [0.2, 0.25) is 0 Å². The normalized spacial score (nSPS) is 20.2. The Morgan fingerprint density at radius 2 is 2.15 bits per heavy atom. The number of nitrogens with zero attached hydrogens (tertiary/aromatic N) is 1. The zero-order valence-corrected chi connectivity index (χ0v) is 7.82. The fraction of sp³-hybridized carbons (Fsp3) is 0.667. The number of hydrogen-bond acceptors (Lipinski definition) is 3. The molecule has 4 heteroatoms. The predicted octanol–water partition coefficient (Wildman–Crippen LogP) is 0.350. The zero-order valence-electron chi connectivity index (χ0n) is 7.82. The van der Waals surface area contributed by atoms with Crippen LogP contribution in [0.1, 0.15) is 6.92 Å². The van der Waals surface area contributed by atoms with Gasteiger partial charge in [0.25, 0.3) is 0 Å². The lowest BCUT2D eigenvalue weighted by atomic mass is 10.2. The fourth-order valence-electron chi connectivity index (χ4n) is 1.37. The minimum absolute atomic E-state index is 0.732. The molecule has 0 aromatic carbocycles. The van der Waals surface area contributed by atoms with Crippen molar-refractivity contribution < 1.29 is 14.6 Å². The van der Waals surface area contributed by atoms with E-state index in [9.17, 15) is 4.79 Å². The van der Waals surface area contributed by atoms with Crippen LogP contribution >= 0.6 is 0 Å². The summed E-state index contributed by atoms with van der Waals surface area (Å²) in [7, 11) is 0. The third kappa shape index (κ3) is 4.05. The highest BCUT2D eigenvalue weighted by atomic mass is 16.5. The molecular formula is C9H15NO3. The van der Waals surface area contributed by atoms with Crippen LogP contribution in [-0.4, -0.2) is 48.8 Å². The van der Waals surface area contributed by atoms with E-state index in [1.807, 2.05) is 6.92 Å². The van der Waals surface area contributed by atoms with Gasteiger partial charge in [0.1, 0.15) is 0 Å². The van der Waals surface area contributed by atoms with Crippen LogP contribution in [0.3, 0.4) is 0 Å². The average molecular weight is 185 g/mol. The van der Waals surface area contributed by atoms with Gasteiger partial charge < -0.3 is 9.84 Å². The highest BCUT2D eigenvalue weighted by molar-refractivity contribution is 5.80. The lowest BCUT2D eigenvalue weighted by Gasteiger charge is -2.26. The van der Waals surface area contributed by atoms with Gasteiger partial charge in [0.2, 0.25) is 0 Å². The van der Waals surface area contributed by atoms with Crippen molar-refractivity contribution in [1.82, 2.24) is 4.90 Å². The number of carboxylic acids is 1. The van der Waals surface area contributed by atoms with E-state index in [4.69, 9.17) is 9.84 Å². The van der Waals surface area contributed by atoms with Crippen LogP contribution in [0.4, 0.5) is 0 Å². The maximum Gasteiger partial charge on any atom is 0.328 e. The van der Waals surface area contributed by atoms with Gasteiger partial charge in [0.15, 0.2) is 0 Å². The summed E-state index contributed by atoms with van der Waals surface area (Å²) >= 11 is 0. The Kier molecular flexibility index (Phi) is 3.92. The van der Waals surface area contributed by atoms with Crippen molar-refractivity contribution in [1.29, 1.82) is 0 Å². The summed E-state index contributed by atoms with van der Waals surface area (Å²) < 4.78 is 5.18. The number of aliphatic carboxylic acids is 1. The molecule has 13 heavy (non-hydrogen) atoms. The molecule has 74 valence electrons. The summed E-state index contributed by atoms with van der Waals surface area (Å²) in [5.74, 6) is -0.870. The van der Waals surface area contributed by atoms with Crippen molar-refractivity contribution >= 4 is 5.97 Å². The quantitative estimate of drug-likeness (QED) is 0.644. The van der Waals surface area contributed by atoms with Crippen LogP contribution < -0.4 is 0 Å². The molecule has 0 saturated carbocycles. The topological polar surface area (TPSA) is 49.8 Å². The van der Waals surface area contributed by atoms with Crippen molar-refractivity contribution in [3.8, 4) is 0 Å². The molecule has 0 unspecified atom stereocenters. The molecular weight excluding hydrogens is 170 g/mol. The zero-order chi connectivity index (χ0) is 9.68. The average Bonchev–Trinajstić information content (AvgIpc) is 2.04. The summed E-state index contributed by atoms with van der Waals surface area (Å²) in [5.41, 5.74) is 0.884. The van der Waals surface area contributed by atoms with Crippen LogP contribution in [0, 0.1) is 0 Å². The van der Waals surface area contributed by atoms with E-state index in [0.29, 0.717) is 0 Å². The van der Waals surface area contributed by atoms with Gasteiger partial charge in [0.05, 0.1) is 13.2 Å². The predicted molar refractivity (Wildman–Crippen MR) is 48.7 cm³/mol. The van der Waals surface area contributed by atoms with Gasteiger partial charge in [-0.3, -0.25) is 4.90 Å². The van der Waals surface area contributed by atoms with Gasteiger partial charge in [-0.05, 0) is 6.92 Å². The number of hydrogen-bond donors (Lipinski definition) is 1. The van der Waals surface area contributed by atoms with Gasteiger partial charge in [-0.1, -0.05) is 5.57 Å². The highest BCUT2D eigenvalue weighted by Crippen LogP contribution is 2.01. The number of ether oxygens (including phenoxy) is 1. The monoisotopic (exact) mass is 185 g/mol. The Hall–Kier alpha value is -0.870. The van der Waals surface area contributed by atoms with Crippen LogP contribution in [-0.2, 0) is 9.53 Å². The molecule has 1 saturated heterocycles. The molecule has 1 rings (SSSR count). The van der Waals surface area contributed by atoms with Gasteiger partial charge in [-0.25, -0.2) is 4.79 Å². The molecule has 0 spiro atoms. The SMILES string of the molecule is C/C(=C/C(=O)O)CN1CCOCC1. The molecule has 0 radical (unpaired) electrons. The molecule has 0 aliphatic carbocycles. The number of carbonyl (C=O) groups is 1. The third-order valence-electron chi connectivity index (χ3n) is 1.95. The molecule has 1 aliphatic heterocycles. The molecule has 1 heterocycles. The van der Waals surface area contributed by atoms with E-state index in [-0.39, 0.29) is 0 Å². The molecule has 0 bridgehead atoms. The largest absolute Gasteiger partial charge is 0.478 e. The van der Waals surface area contributed by atoms with Crippen molar-refractivity contribution in [2.24, 2.45) is 0 Å². The third-order valence-corrected chi connectivity index (χ3v) is 1.95. The molecule has 0 aromatic heterocycles. The van der Waals surface area contributed by atoms with E-state index >= 15 is 0 Å². The fourth-order valence-corrected chi connectivity index (χ4v) is 1.37. The van der Waals surface area contributed by atoms with Gasteiger partial charge >= 0.3 is 5.97 Å². The van der Waals surface area contributed by atoms with Gasteiger partial charge in [-0.2, -0.15) is 0 Å². The Balaban J connectivity index is 2.33. The smallest absolute Gasteiger partial charge is 0.328 e. The van der Waals surface area contributed by atoms with E-state index < -0.39 is 5.97 Å². The highest BCUT2D eigenvalue weighted by Gasteiger charge is 2.10.